The number of halogens is 2. The van der Waals surface area contributed by atoms with Crippen LogP contribution in [-0.2, 0) is 0 Å². The molecular formula is C8H12BI2N2-. The van der Waals surface area contributed by atoms with Crippen LogP contribution >= 0.6 is 22.6 Å². The fraction of sp³-hybridized carbons (Fsp3) is 0.500. The van der Waals surface area contributed by atoms with E-state index >= 15 is 0 Å². The molecule has 0 radical (unpaired) electrons. The predicted octanol–water partition coefficient (Wildman–Crippen LogP) is -1.68. The average molecular weight is 401 g/mol. The van der Waals surface area contributed by atoms with Crippen molar-refractivity contribution in [1.29, 1.82) is 0 Å². The van der Waals surface area contributed by atoms with E-state index in [2.05, 4.69) is 55.7 Å². The van der Waals surface area contributed by atoms with E-state index in [1.807, 2.05) is 0 Å². The zero-order valence-electron chi connectivity index (χ0n) is 7.21. The molecule has 2 rings (SSSR count). The average Bonchev–Trinajstić information content (AvgIpc) is 2.99. The van der Waals surface area contributed by atoms with Gasteiger partial charge in [0.2, 0.25) is 0 Å². The first kappa shape index (κ1) is 10.3. The van der Waals surface area contributed by atoms with Gasteiger partial charge in [-0.25, -0.2) is 0 Å². The fourth-order valence-electron chi connectivity index (χ4n) is 1.46. The molecule has 0 saturated carbocycles. The van der Waals surface area contributed by atoms with Crippen LogP contribution in [0.5, 0.6) is 0 Å². The van der Waals surface area contributed by atoms with Gasteiger partial charge in [-0.1, -0.05) is 0 Å². The van der Waals surface area contributed by atoms with E-state index in [9.17, 15) is 0 Å². The molecule has 1 saturated heterocycles. The summed E-state index contributed by atoms with van der Waals surface area (Å²) in [6.07, 6.45) is 7.62. The molecule has 0 amide bonds. The first-order chi connectivity index (χ1) is 6.40. The molecule has 13 heavy (non-hydrogen) atoms. The fourth-order valence-corrected chi connectivity index (χ4v) is 3.78. The second-order valence-corrected chi connectivity index (χ2v) is 6.90. The molecule has 72 valence electrons. The second-order valence-electron chi connectivity index (χ2n) is 3.27. The molecule has 0 aliphatic carbocycles. The van der Waals surface area contributed by atoms with Crippen LogP contribution in [-0.4, -0.2) is 15.3 Å². The third-order valence-corrected chi connectivity index (χ3v) is 5.44. The van der Waals surface area contributed by atoms with Crippen LogP contribution in [0.25, 0.3) is 0 Å². The normalized spacial score (nSPS) is 27.8. The van der Waals surface area contributed by atoms with Gasteiger partial charge in [0.1, 0.15) is 0 Å². The van der Waals surface area contributed by atoms with Crippen LogP contribution in [0.1, 0.15) is 6.42 Å². The Morgan fingerprint density at radius 3 is 2.92 bits per heavy atom. The van der Waals surface area contributed by atoms with Crippen LogP contribution in [0, 0.1) is 0 Å². The van der Waals surface area contributed by atoms with E-state index in [0.29, 0.717) is 28.3 Å². The summed E-state index contributed by atoms with van der Waals surface area (Å²) in [5.74, 6) is 3.07. The molecule has 2 nitrogen and oxygen atoms in total. The standard InChI is InChI=1S/C8H12BI2N2/c10-6-7(5-8-11-13-8)9-3-1-2-4-12-9/h1-4,7-8,12-13H,5-6H2/q-1. The van der Waals surface area contributed by atoms with Crippen molar-refractivity contribution in [1.82, 2.24) is 8.76 Å². The topological polar surface area (TPSA) is 34.0 Å². The zero-order valence-corrected chi connectivity index (χ0v) is 11.5. The van der Waals surface area contributed by atoms with E-state index in [1.165, 1.54) is 10.8 Å². The molecular weight excluding hydrogens is 389 g/mol. The van der Waals surface area contributed by atoms with E-state index in [-0.39, 0.29) is 0 Å². The molecule has 5 heteroatoms. The molecule has 2 heterocycles. The summed E-state index contributed by atoms with van der Waals surface area (Å²) in [4.78, 5) is 0. The first-order valence-corrected chi connectivity index (χ1v) is 8.28. The molecule has 2 atom stereocenters. The number of hydrogen-bond acceptors (Lipinski definition) is 2. The van der Waals surface area contributed by atoms with Gasteiger partial charge in [-0.05, 0) is 0 Å². The van der Waals surface area contributed by atoms with Gasteiger partial charge in [0.05, 0.1) is 0 Å². The molecule has 0 aromatic heterocycles. The Morgan fingerprint density at radius 2 is 2.38 bits per heavy atom. The number of rotatable bonds is 4. The maximum absolute atomic E-state index is 3.48. The van der Waals surface area contributed by atoms with E-state index in [4.69, 9.17) is 0 Å². The minimum absolute atomic E-state index is 0.389. The van der Waals surface area contributed by atoms with Crippen molar-refractivity contribution < 1.29 is 21.5 Å². The molecule has 2 N–H and O–H groups in total. The molecule has 0 spiro atoms. The van der Waals surface area contributed by atoms with Crippen molar-refractivity contribution >= 4 is 29.4 Å². The van der Waals surface area contributed by atoms with Crippen LogP contribution in [0.2, 0.25) is 5.82 Å². The Labute approximate surface area is 104 Å². The summed E-state index contributed by atoms with van der Waals surface area (Å²) >= 11 is 2.89. The van der Waals surface area contributed by atoms with Crippen LogP contribution in [0.4, 0.5) is 0 Å². The number of hydrogen-bond donors (Lipinski definition) is 2. The molecule has 0 aromatic rings. The maximum atomic E-state index is 3.48. The third-order valence-electron chi connectivity index (χ3n) is 2.29. The van der Waals surface area contributed by atoms with Crippen molar-refractivity contribution in [3.63, 3.8) is 0 Å². The molecule has 1 fully saturated rings. The molecule has 0 aromatic carbocycles. The van der Waals surface area contributed by atoms with E-state index in [0.717, 1.165) is 9.87 Å². The van der Waals surface area contributed by atoms with E-state index in [1.54, 1.807) is 0 Å². The number of nitrogens with one attached hydrogen (secondary N) is 2. The van der Waals surface area contributed by atoms with Gasteiger partial charge in [-0.2, -0.15) is 0 Å². The first-order valence-electron chi connectivity index (χ1n) is 4.43. The van der Waals surface area contributed by atoms with Gasteiger partial charge in [-0.15, -0.1) is 0 Å². The molecule has 2 unspecified atom stereocenters. The number of alkyl halides is 2. The Morgan fingerprint density at radius 1 is 1.54 bits per heavy atom. The summed E-state index contributed by atoms with van der Waals surface area (Å²) in [7, 11) is 0. The third kappa shape index (κ3) is 3.12. The Kier molecular flexibility index (Phi) is 3.97. The van der Waals surface area contributed by atoms with Crippen LogP contribution < -0.4 is 30.2 Å². The monoisotopic (exact) mass is 401 g/mol. The predicted molar refractivity (Wildman–Crippen MR) is 61.3 cm³/mol. The number of allylic oxidation sites excluding steroid dienone is 2. The second kappa shape index (κ2) is 5.02. The van der Waals surface area contributed by atoms with Crippen molar-refractivity contribution in [2.75, 3.05) is 4.43 Å². The Hall–Kier alpha value is 0.765. The van der Waals surface area contributed by atoms with Crippen molar-refractivity contribution in [3.8, 4) is 0 Å². The quantitative estimate of drug-likeness (QED) is 0.148. The van der Waals surface area contributed by atoms with Crippen molar-refractivity contribution in [2.24, 2.45) is 0 Å². The van der Waals surface area contributed by atoms with Gasteiger partial charge in [0.15, 0.2) is 0 Å². The van der Waals surface area contributed by atoms with Crippen molar-refractivity contribution in [2.45, 2.75) is 16.3 Å². The van der Waals surface area contributed by atoms with Gasteiger partial charge in [0, 0.05) is 0 Å². The van der Waals surface area contributed by atoms with Gasteiger partial charge >= 0.3 is 105 Å². The summed E-state index contributed by atoms with van der Waals surface area (Å²) < 4.78 is 5.62. The summed E-state index contributed by atoms with van der Waals surface area (Å²) in [5, 5.41) is 3.42. The summed E-state index contributed by atoms with van der Waals surface area (Å²) in [5.41, 5.74) is 0. The van der Waals surface area contributed by atoms with Crippen molar-refractivity contribution in [3.05, 3.63) is 24.3 Å². The van der Waals surface area contributed by atoms with Gasteiger partial charge < -0.3 is 0 Å². The molecule has 2 aliphatic rings. The SMILES string of the molecule is ICC(CC1N[I-]1)B1C=CC=CN1. The van der Waals surface area contributed by atoms with E-state index < -0.39 is 0 Å². The van der Waals surface area contributed by atoms with Gasteiger partial charge in [-0.3, -0.25) is 0 Å². The Balaban J connectivity index is 1.86. The minimum atomic E-state index is 0.389. The van der Waals surface area contributed by atoms with Gasteiger partial charge in [0.25, 0.3) is 0 Å². The van der Waals surface area contributed by atoms with Crippen LogP contribution in [0.15, 0.2) is 24.3 Å². The summed E-state index contributed by atoms with van der Waals surface area (Å²) in [6.45, 7) is 0.563. The zero-order chi connectivity index (χ0) is 9.10. The Bertz CT molecular complexity index is 228. The van der Waals surface area contributed by atoms with Crippen LogP contribution in [0.3, 0.4) is 0 Å². The molecule has 2 aliphatic heterocycles. The summed E-state index contributed by atoms with van der Waals surface area (Å²) in [6, 6.07) is 0. The molecule has 0 bridgehead atoms.